The van der Waals surface area contributed by atoms with E-state index in [0.29, 0.717) is 12.8 Å². The summed E-state index contributed by atoms with van der Waals surface area (Å²) in [6.45, 7) is 13.4. The van der Waals surface area contributed by atoms with Gasteiger partial charge in [-0.2, -0.15) is 0 Å². The molecule has 0 radical (unpaired) electrons. The van der Waals surface area contributed by atoms with Gasteiger partial charge in [0.05, 0.1) is 11.5 Å². The largest absolute Gasteiger partial charge is 0.481 e. The summed E-state index contributed by atoms with van der Waals surface area (Å²) in [4.78, 5) is 12.0. The van der Waals surface area contributed by atoms with E-state index in [9.17, 15) is 20.1 Å². The van der Waals surface area contributed by atoms with Crippen LogP contribution in [0.1, 0.15) is 59.3 Å². The highest BCUT2D eigenvalue weighted by atomic mass is 16.4. The summed E-state index contributed by atoms with van der Waals surface area (Å²) in [5.74, 6) is -0.646. The fourth-order valence-electron chi connectivity index (χ4n) is 5.24. The summed E-state index contributed by atoms with van der Waals surface area (Å²) < 4.78 is 0. The van der Waals surface area contributed by atoms with E-state index in [1.165, 1.54) is 6.08 Å². The molecule has 0 aromatic rings. The minimum absolute atomic E-state index is 0.0108. The molecular weight excluding hydrogens is 304 g/mol. The molecule has 0 aromatic heterocycles. The van der Waals surface area contributed by atoms with Gasteiger partial charge < -0.3 is 15.3 Å². The second-order valence-electron chi connectivity index (χ2n) is 8.57. The SMILES string of the molecule is C=CC(C)(O)C(O)CC1C(=C)CCC2C(C)(C(=O)O)CCCC12C. The van der Waals surface area contributed by atoms with Gasteiger partial charge >= 0.3 is 5.97 Å². The molecule has 24 heavy (non-hydrogen) atoms. The van der Waals surface area contributed by atoms with E-state index in [0.717, 1.165) is 31.3 Å². The molecule has 0 bridgehead atoms. The number of rotatable bonds is 5. The van der Waals surface area contributed by atoms with Gasteiger partial charge in [0.1, 0.15) is 5.60 Å². The normalized spacial score (nSPS) is 40.3. The molecule has 2 saturated carbocycles. The average Bonchev–Trinajstić information content (AvgIpc) is 2.50. The number of hydrogen-bond donors (Lipinski definition) is 3. The minimum atomic E-state index is -1.35. The molecule has 0 heterocycles. The Bertz CT molecular complexity index is 538. The Kier molecular flexibility index (Phi) is 5.04. The lowest BCUT2D eigenvalue weighted by Gasteiger charge is -2.57. The van der Waals surface area contributed by atoms with Gasteiger partial charge in [0.15, 0.2) is 0 Å². The molecule has 4 heteroatoms. The molecule has 3 N–H and O–H groups in total. The van der Waals surface area contributed by atoms with Crippen LogP contribution in [-0.4, -0.2) is 33.0 Å². The van der Waals surface area contributed by atoms with Gasteiger partial charge in [-0.05, 0) is 63.2 Å². The van der Waals surface area contributed by atoms with Crippen molar-refractivity contribution in [2.24, 2.45) is 22.7 Å². The first-order chi connectivity index (χ1) is 11.0. The Morgan fingerprint density at radius 3 is 2.62 bits per heavy atom. The fraction of sp³-hybridized carbons (Fsp3) is 0.750. The molecule has 6 unspecified atom stereocenters. The van der Waals surface area contributed by atoms with Crippen molar-refractivity contribution >= 4 is 5.97 Å². The van der Waals surface area contributed by atoms with Gasteiger partial charge in [0.25, 0.3) is 0 Å². The Labute approximate surface area is 145 Å². The molecule has 2 rings (SSSR count). The fourth-order valence-corrected chi connectivity index (χ4v) is 5.24. The highest BCUT2D eigenvalue weighted by molar-refractivity contribution is 5.75. The van der Waals surface area contributed by atoms with E-state index in [1.54, 1.807) is 6.92 Å². The standard InChI is InChI=1S/C20H32O4/c1-6-20(5,24)16(21)12-14-13(2)8-9-15-18(14,3)10-7-11-19(15,4)17(22)23/h6,14-16,21,24H,1-2,7-12H2,3-5H3,(H,22,23). The number of carboxylic acids is 1. The molecule has 6 atom stereocenters. The number of aliphatic hydroxyl groups excluding tert-OH is 1. The number of aliphatic hydroxyl groups is 2. The number of allylic oxidation sites excluding steroid dienone is 1. The summed E-state index contributed by atoms with van der Waals surface area (Å²) >= 11 is 0. The van der Waals surface area contributed by atoms with Crippen molar-refractivity contribution in [2.45, 2.75) is 71.0 Å². The predicted octanol–water partition coefficient (Wildman–Crippen LogP) is 3.54. The lowest BCUT2D eigenvalue weighted by atomic mass is 9.46. The van der Waals surface area contributed by atoms with Gasteiger partial charge in [-0.25, -0.2) is 0 Å². The molecule has 0 spiro atoms. The highest BCUT2D eigenvalue weighted by Crippen LogP contribution is 2.62. The van der Waals surface area contributed by atoms with Crippen molar-refractivity contribution in [3.8, 4) is 0 Å². The third-order valence-electron chi connectivity index (χ3n) is 7.06. The molecule has 0 aromatic carbocycles. The number of carbonyl (C=O) groups is 1. The van der Waals surface area contributed by atoms with E-state index in [1.807, 2.05) is 6.92 Å². The van der Waals surface area contributed by atoms with Gasteiger partial charge in [0.2, 0.25) is 0 Å². The molecule has 0 aliphatic heterocycles. The van der Waals surface area contributed by atoms with Gasteiger partial charge in [0, 0.05) is 0 Å². The summed E-state index contributed by atoms with van der Waals surface area (Å²) in [6, 6.07) is 0. The maximum Gasteiger partial charge on any atom is 0.309 e. The van der Waals surface area contributed by atoms with Crippen molar-refractivity contribution in [3.05, 3.63) is 24.8 Å². The van der Waals surface area contributed by atoms with Crippen molar-refractivity contribution in [3.63, 3.8) is 0 Å². The maximum atomic E-state index is 12.0. The Morgan fingerprint density at radius 1 is 1.46 bits per heavy atom. The van der Waals surface area contributed by atoms with Crippen LogP contribution in [0.15, 0.2) is 24.8 Å². The van der Waals surface area contributed by atoms with Crippen LogP contribution in [0.4, 0.5) is 0 Å². The molecule has 2 aliphatic carbocycles. The molecule has 0 saturated heterocycles. The van der Waals surface area contributed by atoms with Crippen LogP contribution >= 0.6 is 0 Å². The van der Waals surface area contributed by atoms with Gasteiger partial charge in [-0.1, -0.05) is 31.6 Å². The van der Waals surface area contributed by atoms with Crippen molar-refractivity contribution in [1.29, 1.82) is 0 Å². The van der Waals surface area contributed by atoms with Crippen LogP contribution in [0.2, 0.25) is 0 Å². The third-order valence-corrected chi connectivity index (χ3v) is 7.06. The van der Waals surface area contributed by atoms with Crippen LogP contribution in [0, 0.1) is 22.7 Å². The summed E-state index contributed by atoms with van der Waals surface area (Å²) in [7, 11) is 0. The van der Waals surface area contributed by atoms with Crippen LogP contribution < -0.4 is 0 Å². The predicted molar refractivity (Wildman–Crippen MR) is 94.5 cm³/mol. The highest BCUT2D eigenvalue weighted by Gasteiger charge is 2.57. The lowest BCUT2D eigenvalue weighted by molar-refractivity contribution is -0.165. The van der Waals surface area contributed by atoms with Crippen LogP contribution in [0.3, 0.4) is 0 Å². The zero-order chi connectivity index (χ0) is 18.3. The number of fused-ring (bicyclic) bond motifs is 1. The monoisotopic (exact) mass is 336 g/mol. The topological polar surface area (TPSA) is 77.8 Å². The molecule has 2 fully saturated rings. The van der Waals surface area contributed by atoms with Crippen molar-refractivity contribution in [2.75, 3.05) is 0 Å². The second-order valence-corrected chi connectivity index (χ2v) is 8.57. The lowest BCUT2D eigenvalue weighted by Crippen LogP contribution is -2.54. The van der Waals surface area contributed by atoms with E-state index in [2.05, 4.69) is 20.1 Å². The van der Waals surface area contributed by atoms with Crippen molar-refractivity contribution in [1.82, 2.24) is 0 Å². The Balaban J connectivity index is 2.35. The first-order valence-electron chi connectivity index (χ1n) is 8.94. The van der Waals surface area contributed by atoms with E-state index < -0.39 is 23.1 Å². The second kappa shape index (κ2) is 6.30. The van der Waals surface area contributed by atoms with E-state index in [-0.39, 0.29) is 17.3 Å². The third kappa shape index (κ3) is 2.95. The average molecular weight is 336 g/mol. The van der Waals surface area contributed by atoms with Gasteiger partial charge in [-0.3, -0.25) is 4.79 Å². The van der Waals surface area contributed by atoms with Crippen molar-refractivity contribution < 1.29 is 20.1 Å². The summed E-state index contributed by atoms with van der Waals surface area (Å²) in [6.07, 6.45) is 4.95. The Morgan fingerprint density at radius 2 is 2.08 bits per heavy atom. The molecule has 136 valence electrons. The smallest absolute Gasteiger partial charge is 0.309 e. The minimum Gasteiger partial charge on any atom is -0.481 e. The molecule has 0 amide bonds. The molecular formula is C20H32O4. The van der Waals surface area contributed by atoms with E-state index in [4.69, 9.17) is 0 Å². The first kappa shape index (κ1) is 19.2. The molecule has 2 aliphatic rings. The van der Waals surface area contributed by atoms with E-state index >= 15 is 0 Å². The molecule has 4 nitrogen and oxygen atoms in total. The first-order valence-corrected chi connectivity index (χ1v) is 8.94. The zero-order valence-corrected chi connectivity index (χ0v) is 15.2. The quantitative estimate of drug-likeness (QED) is 0.671. The summed E-state index contributed by atoms with van der Waals surface area (Å²) in [5.41, 5.74) is -1.21. The Hall–Kier alpha value is -1.13. The van der Waals surface area contributed by atoms with Crippen LogP contribution in [0.25, 0.3) is 0 Å². The zero-order valence-electron chi connectivity index (χ0n) is 15.2. The number of hydrogen-bond acceptors (Lipinski definition) is 3. The van der Waals surface area contributed by atoms with Gasteiger partial charge in [-0.15, -0.1) is 6.58 Å². The number of carboxylic acid groups (broad SMARTS) is 1. The summed E-state index contributed by atoms with van der Waals surface area (Å²) in [5, 5.41) is 30.6. The maximum absolute atomic E-state index is 12.0. The number of aliphatic carboxylic acids is 1. The van der Waals surface area contributed by atoms with Crippen LogP contribution in [0.5, 0.6) is 0 Å². The van der Waals surface area contributed by atoms with Crippen LogP contribution in [-0.2, 0) is 4.79 Å².